The van der Waals surface area contributed by atoms with E-state index in [0.29, 0.717) is 12.6 Å². The van der Waals surface area contributed by atoms with Gasteiger partial charge < -0.3 is 15.3 Å². The van der Waals surface area contributed by atoms with Crippen LogP contribution in [0.2, 0.25) is 0 Å². The summed E-state index contributed by atoms with van der Waals surface area (Å²) in [5.41, 5.74) is 0. The summed E-state index contributed by atoms with van der Waals surface area (Å²) in [7, 11) is 0. The van der Waals surface area contributed by atoms with Gasteiger partial charge in [-0.15, -0.1) is 0 Å². The zero-order chi connectivity index (χ0) is 11.8. The van der Waals surface area contributed by atoms with Gasteiger partial charge in [-0.3, -0.25) is 0 Å². The molecule has 0 aromatic carbocycles. The summed E-state index contributed by atoms with van der Waals surface area (Å²) in [6, 6.07) is 0.607. The molecule has 0 amide bonds. The molecule has 96 valence electrons. The standard InChI is InChI=1S/C13H28N2O/c1-3-8-15-9-5-13(6-10-15)12(2)14-7-4-11-16/h12-14,16H,3-11H2,1-2H3. The highest BCUT2D eigenvalue weighted by atomic mass is 16.3. The number of nitrogens with one attached hydrogen (secondary N) is 1. The van der Waals surface area contributed by atoms with E-state index in [1.54, 1.807) is 0 Å². The first-order valence-corrected chi connectivity index (χ1v) is 6.84. The Morgan fingerprint density at radius 2 is 2.06 bits per heavy atom. The third-order valence-electron chi connectivity index (χ3n) is 3.68. The van der Waals surface area contributed by atoms with Crippen LogP contribution in [0.25, 0.3) is 0 Å². The summed E-state index contributed by atoms with van der Waals surface area (Å²) in [5.74, 6) is 0.826. The number of nitrogens with zero attached hydrogens (tertiary/aromatic N) is 1. The van der Waals surface area contributed by atoms with Gasteiger partial charge in [-0.05, 0) is 64.7 Å². The fourth-order valence-electron chi connectivity index (χ4n) is 2.57. The van der Waals surface area contributed by atoms with Crippen LogP contribution in [0.15, 0.2) is 0 Å². The van der Waals surface area contributed by atoms with Gasteiger partial charge in [0, 0.05) is 12.6 Å². The highest BCUT2D eigenvalue weighted by Gasteiger charge is 2.22. The predicted octanol–water partition coefficient (Wildman–Crippen LogP) is 1.47. The Balaban J connectivity index is 2.14. The molecule has 0 aromatic heterocycles. The van der Waals surface area contributed by atoms with Crippen LogP contribution >= 0.6 is 0 Å². The molecule has 0 radical (unpaired) electrons. The maximum atomic E-state index is 8.74. The maximum Gasteiger partial charge on any atom is 0.0443 e. The van der Waals surface area contributed by atoms with Gasteiger partial charge in [0.1, 0.15) is 0 Å². The van der Waals surface area contributed by atoms with Crippen molar-refractivity contribution in [3.63, 3.8) is 0 Å². The van der Waals surface area contributed by atoms with Gasteiger partial charge >= 0.3 is 0 Å². The van der Waals surface area contributed by atoms with Crippen LogP contribution in [0.4, 0.5) is 0 Å². The lowest BCUT2D eigenvalue weighted by atomic mass is 9.90. The van der Waals surface area contributed by atoms with Gasteiger partial charge in [0.05, 0.1) is 0 Å². The van der Waals surface area contributed by atoms with E-state index in [1.807, 2.05) is 0 Å². The lowest BCUT2D eigenvalue weighted by Gasteiger charge is -2.35. The lowest BCUT2D eigenvalue weighted by Crippen LogP contribution is -2.42. The number of rotatable bonds is 7. The number of aliphatic hydroxyl groups excluding tert-OH is 1. The van der Waals surface area contributed by atoms with Crippen LogP contribution in [0.1, 0.15) is 39.5 Å². The lowest BCUT2D eigenvalue weighted by molar-refractivity contribution is 0.161. The molecule has 1 rings (SSSR count). The van der Waals surface area contributed by atoms with Crippen molar-refractivity contribution < 1.29 is 5.11 Å². The van der Waals surface area contributed by atoms with E-state index >= 15 is 0 Å². The van der Waals surface area contributed by atoms with Crippen molar-refractivity contribution in [3.05, 3.63) is 0 Å². The third-order valence-corrected chi connectivity index (χ3v) is 3.68. The molecule has 1 aliphatic heterocycles. The normalized spacial score (nSPS) is 21.2. The van der Waals surface area contributed by atoms with Crippen molar-refractivity contribution in [1.29, 1.82) is 0 Å². The molecule has 1 fully saturated rings. The van der Waals surface area contributed by atoms with Crippen LogP contribution in [-0.4, -0.2) is 48.8 Å². The van der Waals surface area contributed by atoms with E-state index in [-0.39, 0.29) is 0 Å². The van der Waals surface area contributed by atoms with Crippen LogP contribution in [0.3, 0.4) is 0 Å². The molecule has 3 heteroatoms. The summed E-state index contributed by atoms with van der Waals surface area (Å²) in [5, 5.41) is 12.3. The van der Waals surface area contributed by atoms with Crippen molar-refractivity contribution in [1.82, 2.24) is 10.2 Å². The molecule has 0 spiro atoms. The van der Waals surface area contributed by atoms with Gasteiger partial charge in [-0.1, -0.05) is 6.92 Å². The largest absolute Gasteiger partial charge is 0.396 e. The fourth-order valence-corrected chi connectivity index (χ4v) is 2.57. The molecule has 1 heterocycles. The third kappa shape index (κ3) is 4.81. The molecule has 1 unspecified atom stereocenters. The molecular formula is C13H28N2O. The van der Waals surface area contributed by atoms with Gasteiger partial charge in [0.15, 0.2) is 0 Å². The minimum absolute atomic E-state index is 0.300. The molecule has 1 atom stereocenters. The van der Waals surface area contributed by atoms with Gasteiger partial charge in [0.2, 0.25) is 0 Å². The van der Waals surface area contributed by atoms with E-state index < -0.39 is 0 Å². The average molecular weight is 228 g/mol. The Hall–Kier alpha value is -0.120. The summed E-state index contributed by atoms with van der Waals surface area (Å²) in [6.07, 6.45) is 4.80. The zero-order valence-electron chi connectivity index (χ0n) is 10.9. The van der Waals surface area contributed by atoms with Crippen molar-refractivity contribution >= 4 is 0 Å². The number of hydrogen-bond donors (Lipinski definition) is 2. The van der Waals surface area contributed by atoms with E-state index in [2.05, 4.69) is 24.1 Å². The molecule has 1 aliphatic rings. The molecule has 0 aromatic rings. The summed E-state index contributed by atoms with van der Waals surface area (Å²) in [4.78, 5) is 2.58. The minimum atomic E-state index is 0.300. The first-order chi connectivity index (χ1) is 7.77. The van der Waals surface area contributed by atoms with Crippen LogP contribution in [0.5, 0.6) is 0 Å². The number of piperidine rings is 1. The highest BCUT2D eigenvalue weighted by molar-refractivity contribution is 4.79. The number of likely N-dealkylation sites (tertiary alicyclic amines) is 1. The van der Waals surface area contributed by atoms with Crippen LogP contribution < -0.4 is 5.32 Å². The average Bonchev–Trinajstić information content (AvgIpc) is 2.30. The number of hydrogen-bond acceptors (Lipinski definition) is 3. The topological polar surface area (TPSA) is 35.5 Å². The van der Waals surface area contributed by atoms with Crippen molar-refractivity contribution in [2.45, 2.75) is 45.6 Å². The van der Waals surface area contributed by atoms with E-state index in [9.17, 15) is 0 Å². The van der Waals surface area contributed by atoms with Crippen molar-refractivity contribution in [2.75, 3.05) is 32.8 Å². The molecule has 2 N–H and O–H groups in total. The first-order valence-electron chi connectivity index (χ1n) is 6.84. The van der Waals surface area contributed by atoms with E-state index in [0.717, 1.165) is 18.9 Å². The van der Waals surface area contributed by atoms with Crippen LogP contribution in [0, 0.1) is 5.92 Å². The highest BCUT2D eigenvalue weighted by Crippen LogP contribution is 2.20. The van der Waals surface area contributed by atoms with Crippen LogP contribution in [-0.2, 0) is 0 Å². The molecule has 16 heavy (non-hydrogen) atoms. The van der Waals surface area contributed by atoms with Gasteiger partial charge in [0.25, 0.3) is 0 Å². The maximum absolute atomic E-state index is 8.74. The summed E-state index contributed by atoms with van der Waals surface area (Å²) in [6.45, 7) is 9.60. The monoisotopic (exact) mass is 228 g/mol. The molecular weight excluding hydrogens is 200 g/mol. The predicted molar refractivity (Wildman–Crippen MR) is 68.6 cm³/mol. The fraction of sp³-hybridized carbons (Fsp3) is 1.00. The Bertz CT molecular complexity index is 167. The SMILES string of the molecule is CCCN1CCC(C(C)NCCCO)CC1. The summed E-state index contributed by atoms with van der Waals surface area (Å²) < 4.78 is 0. The zero-order valence-corrected chi connectivity index (χ0v) is 10.9. The molecule has 0 aliphatic carbocycles. The molecule has 1 saturated heterocycles. The quantitative estimate of drug-likeness (QED) is 0.648. The molecule has 3 nitrogen and oxygen atoms in total. The van der Waals surface area contributed by atoms with Crippen molar-refractivity contribution in [2.24, 2.45) is 5.92 Å². The molecule has 0 saturated carbocycles. The first kappa shape index (κ1) is 13.9. The second-order valence-electron chi connectivity index (χ2n) is 5.00. The Labute approximate surface area is 100 Å². The Morgan fingerprint density at radius 3 is 2.62 bits per heavy atom. The second kappa shape index (κ2) is 8.04. The smallest absolute Gasteiger partial charge is 0.0443 e. The molecule has 0 bridgehead atoms. The Morgan fingerprint density at radius 1 is 1.38 bits per heavy atom. The van der Waals surface area contributed by atoms with Gasteiger partial charge in [-0.2, -0.15) is 0 Å². The van der Waals surface area contributed by atoms with E-state index in [1.165, 1.54) is 38.9 Å². The summed E-state index contributed by atoms with van der Waals surface area (Å²) >= 11 is 0. The van der Waals surface area contributed by atoms with Gasteiger partial charge in [-0.25, -0.2) is 0 Å². The van der Waals surface area contributed by atoms with E-state index in [4.69, 9.17) is 5.11 Å². The Kier molecular flexibility index (Phi) is 7.01. The minimum Gasteiger partial charge on any atom is -0.396 e. The number of aliphatic hydroxyl groups is 1. The van der Waals surface area contributed by atoms with Crippen molar-refractivity contribution in [3.8, 4) is 0 Å². The second-order valence-corrected chi connectivity index (χ2v) is 5.00.